The summed E-state index contributed by atoms with van der Waals surface area (Å²) in [4.78, 5) is 12.3. The molecule has 2 N–H and O–H groups in total. The lowest BCUT2D eigenvalue weighted by molar-refractivity contribution is -0.120. The average molecular weight is 261 g/mol. The average Bonchev–Trinajstić information content (AvgIpc) is 2.34. The molecule has 19 heavy (non-hydrogen) atoms. The molecule has 1 aromatic carbocycles. The quantitative estimate of drug-likeness (QED) is 0.845. The second-order valence-corrected chi connectivity index (χ2v) is 5.48. The normalized spacial score (nSPS) is 17.5. The van der Waals surface area contributed by atoms with Crippen molar-refractivity contribution < 1.29 is 9.90 Å². The van der Waals surface area contributed by atoms with Crippen molar-refractivity contribution in [2.24, 2.45) is 5.92 Å². The summed E-state index contributed by atoms with van der Waals surface area (Å²) < 4.78 is 0. The van der Waals surface area contributed by atoms with Crippen molar-refractivity contribution in [2.45, 2.75) is 51.9 Å². The Labute approximate surface area is 115 Å². The van der Waals surface area contributed by atoms with Crippen LogP contribution >= 0.6 is 0 Å². The summed E-state index contributed by atoms with van der Waals surface area (Å²) in [7, 11) is 0. The number of nitrogens with one attached hydrogen (secondary N) is 1. The molecule has 1 saturated carbocycles. The molecule has 3 nitrogen and oxygen atoms in total. The van der Waals surface area contributed by atoms with Crippen LogP contribution < -0.4 is 5.32 Å². The molecule has 0 aliphatic heterocycles. The second kappa shape index (κ2) is 6.60. The summed E-state index contributed by atoms with van der Waals surface area (Å²) in [6.07, 6.45) is 8.07. The van der Waals surface area contributed by atoms with Gasteiger partial charge in [-0.3, -0.25) is 4.79 Å². The van der Waals surface area contributed by atoms with Gasteiger partial charge in [-0.25, -0.2) is 0 Å². The van der Waals surface area contributed by atoms with Gasteiger partial charge >= 0.3 is 0 Å². The highest BCUT2D eigenvalue weighted by molar-refractivity contribution is 5.93. The molecule has 1 aliphatic carbocycles. The standard InChI is InChI=1S/C16H23NO2/c1-12-14(10-7-11-15(12)18)17-16(19)13-8-5-3-2-4-6-9-13/h7,10-11,13,18H,2-6,8-9H2,1H3,(H,17,19). The molecular weight excluding hydrogens is 238 g/mol. The largest absolute Gasteiger partial charge is 0.508 e. The molecule has 1 aromatic rings. The first-order chi connectivity index (χ1) is 9.18. The Hall–Kier alpha value is -1.51. The van der Waals surface area contributed by atoms with Crippen LogP contribution in [0.1, 0.15) is 50.5 Å². The smallest absolute Gasteiger partial charge is 0.227 e. The highest BCUT2D eigenvalue weighted by Gasteiger charge is 2.20. The Morgan fingerprint density at radius 3 is 2.47 bits per heavy atom. The number of hydrogen-bond acceptors (Lipinski definition) is 2. The van der Waals surface area contributed by atoms with Crippen molar-refractivity contribution in [3.8, 4) is 5.75 Å². The van der Waals surface area contributed by atoms with Crippen LogP contribution in [0.4, 0.5) is 5.69 Å². The Morgan fingerprint density at radius 1 is 1.16 bits per heavy atom. The van der Waals surface area contributed by atoms with Gasteiger partial charge in [0.15, 0.2) is 0 Å². The molecule has 0 heterocycles. The van der Waals surface area contributed by atoms with Crippen LogP contribution in [0.2, 0.25) is 0 Å². The maximum Gasteiger partial charge on any atom is 0.227 e. The van der Waals surface area contributed by atoms with Crippen molar-refractivity contribution in [2.75, 3.05) is 5.32 Å². The van der Waals surface area contributed by atoms with Crippen molar-refractivity contribution in [3.05, 3.63) is 23.8 Å². The van der Waals surface area contributed by atoms with E-state index < -0.39 is 0 Å². The summed E-state index contributed by atoms with van der Waals surface area (Å²) in [6, 6.07) is 5.24. The van der Waals surface area contributed by atoms with Crippen LogP contribution in [-0.4, -0.2) is 11.0 Å². The summed E-state index contributed by atoms with van der Waals surface area (Å²) in [6.45, 7) is 1.82. The lowest BCUT2D eigenvalue weighted by atomic mass is 9.90. The van der Waals surface area contributed by atoms with E-state index in [2.05, 4.69) is 5.32 Å². The monoisotopic (exact) mass is 261 g/mol. The molecule has 2 rings (SSSR count). The Kier molecular flexibility index (Phi) is 4.83. The topological polar surface area (TPSA) is 49.3 Å². The van der Waals surface area contributed by atoms with Gasteiger partial charge in [0, 0.05) is 17.2 Å². The van der Waals surface area contributed by atoms with Gasteiger partial charge in [0.1, 0.15) is 5.75 Å². The lowest BCUT2D eigenvalue weighted by Gasteiger charge is -2.19. The number of aromatic hydroxyl groups is 1. The van der Waals surface area contributed by atoms with Gasteiger partial charge in [0.05, 0.1) is 0 Å². The minimum Gasteiger partial charge on any atom is -0.508 e. The Morgan fingerprint density at radius 2 is 1.79 bits per heavy atom. The summed E-state index contributed by atoms with van der Waals surface area (Å²) in [5, 5.41) is 12.6. The van der Waals surface area contributed by atoms with E-state index >= 15 is 0 Å². The summed E-state index contributed by atoms with van der Waals surface area (Å²) >= 11 is 0. The number of phenolic OH excluding ortho intramolecular Hbond substituents is 1. The van der Waals surface area contributed by atoms with Gasteiger partial charge in [-0.1, -0.05) is 38.2 Å². The van der Waals surface area contributed by atoms with Crippen molar-refractivity contribution >= 4 is 11.6 Å². The van der Waals surface area contributed by atoms with Crippen LogP contribution in [0.3, 0.4) is 0 Å². The van der Waals surface area contributed by atoms with E-state index in [1.807, 2.05) is 13.0 Å². The zero-order chi connectivity index (χ0) is 13.7. The fourth-order valence-electron chi connectivity index (χ4n) is 2.71. The number of benzene rings is 1. The molecule has 0 saturated heterocycles. The number of carbonyl (C=O) groups excluding carboxylic acids is 1. The van der Waals surface area contributed by atoms with Crippen LogP contribution in [0, 0.1) is 12.8 Å². The molecule has 1 fully saturated rings. The third-order valence-corrected chi connectivity index (χ3v) is 4.04. The zero-order valence-electron chi connectivity index (χ0n) is 11.6. The molecule has 0 spiro atoms. The molecule has 104 valence electrons. The number of anilines is 1. The summed E-state index contributed by atoms with van der Waals surface area (Å²) in [5.41, 5.74) is 1.47. The molecule has 0 radical (unpaired) electrons. The minimum atomic E-state index is 0.107. The fourth-order valence-corrected chi connectivity index (χ4v) is 2.71. The minimum absolute atomic E-state index is 0.107. The number of phenols is 1. The molecule has 1 aliphatic rings. The van der Waals surface area contributed by atoms with E-state index in [4.69, 9.17) is 0 Å². The van der Waals surface area contributed by atoms with E-state index in [1.165, 1.54) is 19.3 Å². The third kappa shape index (κ3) is 3.72. The van der Waals surface area contributed by atoms with Crippen molar-refractivity contribution in [1.82, 2.24) is 0 Å². The maximum atomic E-state index is 12.3. The maximum absolute atomic E-state index is 12.3. The first-order valence-corrected chi connectivity index (χ1v) is 7.28. The van der Waals surface area contributed by atoms with Crippen molar-refractivity contribution in [1.29, 1.82) is 0 Å². The van der Waals surface area contributed by atoms with Crippen molar-refractivity contribution in [3.63, 3.8) is 0 Å². The van der Waals surface area contributed by atoms with Crippen LogP contribution in [-0.2, 0) is 4.79 Å². The van der Waals surface area contributed by atoms with Crippen LogP contribution in [0.5, 0.6) is 5.75 Å². The second-order valence-electron chi connectivity index (χ2n) is 5.48. The SMILES string of the molecule is Cc1c(O)cccc1NC(=O)C1CCCCCCC1. The van der Waals surface area contributed by atoms with Crippen LogP contribution in [0.25, 0.3) is 0 Å². The predicted octanol–water partition coefficient (Wildman–Crippen LogP) is 4.00. The Balaban J connectivity index is 2.01. The highest BCUT2D eigenvalue weighted by Crippen LogP contribution is 2.27. The third-order valence-electron chi connectivity index (χ3n) is 4.04. The lowest BCUT2D eigenvalue weighted by Crippen LogP contribution is -2.24. The van der Waals surface area contributed by atoms with E-state index in [9.17, 15) is 9.90 Å². The van der Waals surface area contributed by atoms with Gasteiger partial charge in [-0.05, 0) is 31.9 Å². The van der Waals surface area contributed by atoms with E-state index in [1.54, 1.807) is 12.1 Å². The van der Waals surface area contributed by atoms with Gasteiger partial charge in [-0.2, -0.15) is 0 Å². The number of amides is 1. The van der Waals surface area contributed by atoms with E-state index in [0.29, 0.717) is 0 Å². The predicted molar refractivity (Wildman–Crippen MR) is 77.3 cm³/mol. The first kappa shape index (κ1) is 13.9. The molecule has 0 aromatic heterocycles. The van der Waals surface area contributed by atoms with E-state index in [-0.39, 0.29) is 17.6 Å². The molecule has 1 amide bonds. The highest BCUT2D eigenvalue weighted by atomic mass is 16.3. The summed E-state index contributed by atoms with van der Waals surface area (Å²) in [5.74, 6) is 0.466. The van der Waals surface area contributed by atoms with Gasteiger partial charge in [-0.15, -0.1) is 0 Å². The fraction of sp³-hybridized carbons (Fsp3) is 0.562. The van der Waals surface area contributed by atoms with Gasteiger partial charge in [0.2, 0.25) is 5.91 Å². The number of carbonyl (C=O) groups is 1. The van der Waals surface area contributed by atoms with E-state index in [0.717, 1.165) is 36.9 Å². The molecule has 0 bridgehead atoms. The van der Waals surface area contributed by atoms with Gasteiger partial charge < -0.3 is 10.4 Å². The number of rotatable bonds is 2. The first-order valence-electron chi connectivity index (χ1n) is 7.28. The molecule has 3 heteroatoms. The molecular formula is C16H23NO2. The number of hydrogen-bond donors (Lipinski definition) is 2. The zero-order valence-corrected chi connectivity index (χ0v) is 11.6. The molecule has 0 atom stereocenters. The van der Waals surface area contributed by atoms with Gasteiger partial charge in [0.25, 0.3) is 0 Å². The Bertz CT molecular complexity index is 434. The molecule has 0 unspecified atom stereocenters. The van der Waals surface area contributed by atoms with Crippen LogP contribution in [0.15, 0.2) is 18.2 Å².